The molecule has 2 heterocycles. The van der Waals surface area contributed by atoms with Gasteiger partial charge >= 0.3 is 0 Å². The molecule has 0 fully saturated rings. The van der Waals surface area contributed by atoms with Crippen molar-refractivity contribution in [3.05, 3.63) is 46.5 Å². The van der Waals surface area contributed by atoms with Gasteiger partial charge < -0.3 is 0 Å². The lowest BCUT2D eigenvalue weighted by molar-refractivity contribution is 1.23. The van der Waals surface area contributed by atoms with Crippen molar-refractivity contribution < 1.29 is 0 Å². The van der Waals surface area contributed by atoms with Crippen LogP contribution in [0.15, 0.2) is 46.5 Å². The fourth-order valence-electron chi connectivity index (χ4n) is 1.64. The number of hydrogen-bond donors (Lipinski definition) is 0. The Hall–Kier alpha value is -1.26. The largest absolute Gasteiger partial charge is 0.236 e. The second-order valence-electron chi connectivity index (χ2n) is 3.36. The number of rotatable bonds is 1. The Kier molecular flexibility index (Phi) is 2.46. The fraction of sp³-hybridized carbons (Fsp3) is 0. The lowest BCUT2D eigenvalue weighted by atomic mass is 10.1. The molecule has 0 aliphatic heterocycles. The minimum Gasteiger partial charge on any atom is -0.236 e. The average Bonchev–Trinajstić information content (AvgIpc) is 2.81. The highest BCUT2D eigenvalue weighted by Gasteiger charge is 2.07. The predicted molar refractivity (Wildman–Crippen MR) is 70.6 cm³/mol. The molecule has 0 bridgehead atoms. The molecule has 3 aromatic rings. The first-order valence-electron chi connectivity index (χ1n) is 4.79. The highest BCUT2D eigenvalue weighted by atomic mass is 79.9. The van der Waals surface area contributed by atoms with Gasteiger partial charge in [0.2, 0.25) is 0 Å². The van der Waals surface area contributed by atoms with Crippen molar-refractivity contribution in [3.8, 4) is 10.6 Å². The molecule has 1 aromatic carbocycles. The van der Waals surface area contributed by atoms with Gasteiger partial charge in [0, 0.05) is 9.86 Å². The van der Waals surface area contributed by atoms with E-state index in [9.17, 15) is 0 Å². The van der Waals surface area contributed by atoms with Crippen LogP contribution >= 0.6 is 27.3 Å². The van der Waals surface area contributed by atoms with Gasteiger partial charge in [0.25, 0.3) is 0 Å². The third-order valence-corrected chi connectivity index (χ3v) is 3.72. The summed E-state index contributed by atoms with van der Waals surface area (Å²) in [6.45, 7) is 0. The van der Waals surface area contributed by atoms with Crippen LogP contribution in [0.3, 0.4) is 0 Å². The smallest absolute Gasteiger partial charge is 0.116 e. The van der Waals surface area contributed by atoms with Crippen LogP contribution < -0.4 is 0 Å². The molecule has 78 valence electrons. The van der Waals surface area contributed by atoms with E-state index >= 15 is 0 Å². The molecule has 0 aliphatic carbocycles. The first kappa shape index (κ1) is 9.93. The Morgan fingerprint density at radius 2 is 2.06 bits per heavy atom. The van der Waals surface area contributed by atoms with Gasteiger partial charge in [-0.1, -0.05) is 22.0 Å². The first-order valence-corrected chi connectivity index (χ1v) is 6.46. The topological polar surface area (TPSA) is 25.8 Å². The van der Waals surface area contributed by atoms with Gasteiger partial charge in [-0.25, -0.2) is 9.97 Å². The van der Waals surface area contributed by atoms with E-state index in [1.165, 1.54) is 4.88 Å². The summed E-state index contributed by atoms with van der Waals surface area (Å²) in [5.74, 6) is 0. The third-order valence-electron chi connectivity index (χ3n) is 2.35. The molecule has 0 aliphatic rings. The summed E-state index contributed by atoms with van der Waals surface area (Å²) in [6.07, 6.45) is 1.62. The standard InChI is InChI=1S/C12H7BrN2S/c13-8-3-4-10-9(6-8)12(15-7-14-10)11-2-1-5-16-11/h1-7H. The number of fused-ring (bicyclic) bond motifs is 1. The minimum atomic E-state index is 0.974. The summed E-state index contributed by atoms with van der Waals surface area (Å²) < 4.78 is 1.05. The van der Waals surface area contributed by atoms with Crippen LogP contribution in [-0.2, 0) is 0 Å². The van der Waals surface area contributed by atoms with E-state index < -0.39 is 0 Å². The number of nitrogens with zero attached hydrogens (tertiary/aromatic N) is 2. The number of hydrogen-bond acceptors (Lipinski definition) is 3. The first-order chi connectivity index (χ1) is 7.84. The second kappa shape index (κ2) is 3.96. The average molecular weight is 291 g/mol. The van der Waals surface area contributed by atoms with Crippen molar-refractivity contribution in [3.63, 3.8) is 0 Å². The van der Waals surface area contributed by atoms with Gasteiger partial charge in [-0.3, -0.25) is 0 Å². The van der Waals surface area contributed by atoms with E-state index in [0.717, 1.165) is 21.1 Å². The highest BCUT2D eigenvalue weighted by molar-refractivity contribution is 9.10. The molecule has 0 saturated heterocycles. The molecule has 0 N–H and O–H groups in total. The Labute approximate surface area is 105 Å². The monoisotopic (exact) mass is 290 g/mol. The molecule has 2 nitrogen and oxygen atoms in total. The van der Waals surface area contributed by atoms with E-state index in [4.69, 9.17) is 0 Å². The van der Waals surface area contributed by atoms with Crippen LogP contribution in [0.25, 0.3) is 21.5 Å². The number of aromatic nitrogens is 2. The molecular weight excluding hydrogens is 284 g/mol. The van der Waals surface area contributed by atoms with Crippen LogP contribution in [0.4, 0.5) is 0 Å². The van der Waals surface area contributed by atoms with Crippen LogP contribution in [0.5, 0.6) is 0 Å². The zero-order valence-electron chi connectivity index (χ0n) is 8.22. The predicted octanol–water partition coefficient (Wildman–Crippen LogP) is 4.12. The molecule has 0 unspecified atom stereocenters. The normalized spacial score (nSPS) is 10.8. The van der Waals surface area contributed by atoms with Crippen molar-refractivity contribution in [2.45, 2.75) is 0 Å². The van der Waals surface area contributed by atoms with E-state index in [-0.39, 0.29) is 0 Å². The number of halogens is 1. The van der Waals surface area contributed by atoms with Gasteiger partial charge in [0.1, 0.15) is 6.33 Å². The molecule has 2 aromatic heterocycles. The lowest BCUT2D eigenvalue weighted by Crippen LogP contribution is -1.86. The van der Waals surface area contributed by atoms with E-state index in [1.807, 2.05) is 18.2 Å². The fourth-order valence-corrected chi connectivity index (χ4v) is 2.73. The van der Waals surface area contributed by atoms with Crippen LogP contribution in [0, 0.1) is 0 Å². The summed E-state index contributed by atoms with van der Waals surface area (Å²) in [5.41, 5.74) is 1.97. The maximum Gasteiger partial charge on any atom is 0.116 e. The minimum absolute atomic E-state index is 0.974. The Morgan fingerprint density at radius 1 is 1.12 bits per heavy atom. The second-order valence-corrected chi connectivity index (χ2v) is 5.22. The van der Waals surface area contributed by atoms with Gasteiger partial charge in [-0.05, 0) is 29.6 Å². The summed E-state index contributed by atoms with van der Waals surface area (Å²) >= 11 is 5.17. The summed E-state index contributed by atoms with van der Waals surface area (Å²) in [5, 5.41) is 3.14. The number of thiophene rings is 1. The quantitative estimate of drug-likeness (QED) is 0.674. The van der Waals surface area contributed by atoms with Crippen LogP contribution in [0.1, 0.15) is 0 Å². The maximum atomic E-state index is 4.37. The number of benzene rings is 1. The Bertz CT molecular complexity index is 635. The molecule has 0 radical (unpaired) electrons. The van der Waals surface area contributed by atoms with E-state index in [0.29, 0.717) is 0 Å². The Morgan fingerprint density at radius 3 is 2.88 bits per heavy atom. The summed E-state index contributed by atoms with van der Waals surface area (Å²) in [6, 6.07) is 10.2. The van der Waals surface area contributed by atoms with Gasteiger partial charge in [-0.15, -0.1) is 11.3 Å². The molecule has 16 heavy (non-hydrogen) atoms. The van der Waals surface area contributed by atoms with Gasteiger partial charge in [0.05, 0.1) is 16.1 Å². The van der Waals surface area contributed by atoms with Crippen molar-refractivity contribution in [1.82, 2.24) is 9.97 Å². The van der Waals surface area contributed by atoms with Gasteiger partial charge in [-0.2, -0.15) is 0 Å². The summed E-state index contributed by atoms with van der Waals surface area (Å²) in [7, 11) is 0. The highest BCUT2D eigenvalue weighted by Crippen LogP contribution is 2.30. The van der Waals surface area contributed by atoms with Gasteiger partial charge in [0.15, 0.2) is 0 Å². The third kappa shape index (κ3) is 1.64. The SMILES string of the molecule is Brc1ccc2ncnc(-c3cccs3)c2c1. The van der Waals surface area contributed by atoms with Crippen LogP contribution in [-0.4, -0.2) is 9.97 Å². The van der Waals surface area contributed by atoms with Crippen molar-refractivity contribution >= 4 is 38.2 Å². The molecule has 0 amide bonds. The van der Waals surface area contributed by atoms with E-state index in [1.54, 1.807) is 17.7 Å². The summed E-state index contributed by atoms with van der Waals surface area (Å²) in [4.78, 5) is 9.81. The zero-order valence-corrected chi connectivity index (χ0v) is 10.6. The molecule has 3 rings (SSSR count). The molecule has 0 saturated carbocycles. The van der Waals surface area contributed by atoms with Crippen molar-refractivity contribution in [2.75, 3.05) is 0 Å². The molecular formula is C12H7BrN2S. The maximum absolute atomic E-state index is 4.37. The zero-order chi connectivity index (χ0) is 11.0. The molecule has 4 heteroatoms. The molecule has 0 atom stereocenters. The lowest BCUT2D eigenvalue weighted by Gasteiger charge is -2.02. The van der Waals surface area contributed by atoms with Crippen molar-refractivity contribution in [1.29, 1.82) is 0 Å². The Balaban J connectivity index is 2.36. The van der Waals surface area contributed by atoms with Crippen LogP contribution in [0.2, 0.25) is 0 Å². The van der Waals surface area contributed by atoms with E-state index in [2.05, 4.69) is 43.4 Å². The molecule has 0 spiro atoms. The van der Waals surface area contributed by atoms with Crippen molar-refractivity contribution in [2.24, 2.45) is 0 Å².